The van der Waals surface area contributed by atoms with Crippen molar-refractivity contribution < 1.29 is 9.00 Å². The zero-order valence-electron chi connectivity index (χ0n) is 9.78. The number of fused-ring (bicyclic) bond motifs is 1. The van der Waals surface area contributed by atoms with E-state index in [0.29, 0.717) is 12.8 Å². The van der Waals surface area contributed by atoms with E-state index in [2.05, 4.69) is 12.1 Å². The molecular weight excluding hydrogens is 232 g/mol. The number of hydrogen-bond donors (Lipinski definition) is 0. The maximum absolute atomic E-state index is 12.4. The van der Waals surface area contributed by atoms with E-state index in [-0.39, 0.29) is 11.0 Å². The number of Topliss-reactive ketones (excluding diaryl/α,β-unsaturated/α-hetero) is 1. The highest BCUT2D eigenvalue weighted by atomic mass is 32.2. The number of hydrogen-bond acceptors (Lipinski definition) is 2. The van der Waals surface area contributed by atoms with Gasteiger partial charge in [-0.3, -0.25) is 9.00 Å². The predicted molar refractivity (Wildman–Crippen MR) is 67.5 cm³/mol. The third-order valence-corrected chi connectivity index (χ3v) is 5.53. The van der Waals surface area contributed by atoms with Gasteiger partial charge in [-0.05, 0) is 48.9 Å². The zero-order valence-corrected chi connectivity index (χ0v) is 10.6. The van der Waals surface area contributed by atoms with Crippen LogP contribution in [0.4, 0.5) is 0 Å². The first kappa shape index (κ1) is 11.1. The Morgan fingerprint density at radius 1 is 1.12 bits per heavy atom. The van der Waals surface area contributed by atoms with Gasteiger partial charge in [0.25, 0.3) is 0 Å². The van der Waals surface area contributed by atoms with Crippen molar-refractivity contribution >= 4 is 16.6 Å². The summed E-state index contributed by atoms with van der Waals surface area (Å²) in [5.74, 6) is 0.268. The molecule has 1 aromatic rings. The summed E-state index contributed by atoms with van der Waals surface area (Å²) in [4.78, 5) is 12.2. The molecule has 2 aliphatic rings. The van der Waals surface area contributed by atoms with Crippen LogP contribution in [0.15, 0.2) is 23.1 Å². The fraction of sp³-hybridized carbons (Fsp3) is 0.500. The second-order valence-corrected chi connectivity index (χ2v) is 6.72. The number of benzene rings is 1. The van der Waals surface area contributed by atoms with Gasteiger partial charge in [0, 0.05) is 23.0 Å². The van der Waals surface area contributed by atoms with Crippen LogP contribution in [0.2, 0.25) is 0 Å². The molecule has 2 atom stereocenters. The van der Waals surface area contributed by atoms with Gasteiger partial charge in [0.15, 0.2) is 0 Å². The Hall–Kier alpha value is -0.960. The molecule has 2 aliphatic carbocycles. The van der Waals surface area contributed by atoms with E-state index >= 15 is 0 Å². The van der Waals surface area contributed by atoms with Crippen LogP contribution in [0, 0.1) is 0 Å². The Morgan fingerprint density at radius 2 is 1.94 bits per heavy atom. The minimum atomic E-state index is -0.993. The molecule has 3 heteroatoms. The molecule has 0 N–H and O–H groups in total. The molecule has 2 unspecified atom stereocenters. The topological polar surface area (TPSA) is 34.1 Å². The number of carbonyl (C=O) groups is 1. The molecule has 0 aliphatic heterocycles. The fourth-order valence-electron chi connectivity index (χ4n) is 2.83. The molecule has 0 saturated heterocycles. The Morgan fingerprint density at radius 3 is 2.71 bits per heavy atom. The summed E-state index contributed by atoms with van der Waals surface area (Å²) < 4.78 is 12.4. The summed E-state index contributed by atoms with van der Waals surface area (Å²) in [7, 11) is -0.993. The van der Waals surface area contributed by atoms with Crippen LogP contribution < -0.4 is 0 Å². The Kier molecular flexibility index (Phi) is 2.87. The number of ketones is 1. The molecule has 0 bridgehead atoms. The summed E-state index contributed by atoms with van der Waals surface area (Å²) in [6.45, 7) is 0. The summed E-state index contributed by atoms with van der Waals surface area (Å²) in [6.07, 6.45) is 5.40. The zero-order chi connectivity index (χ0) is 11.8. The normalized spacial score (nSPS) is 24.9. The number of carbonyl (C=O) groups excluding carboxylic acids is 1. The molecule has 90 valence electrons. The molecule has 0 radical (unpaired) electrons. The molecule has 0 amide bonds. The van der Waals surface area contributed by atoms with Crippen molar-refractivity contribution in [1.29, 1.82) is 0 Å². The van der Waals surface area contributed by atoms with Crippen LogP contribution in [-0.2, 0) is 28.4 Å². The molecule has 1 saturated carbocycles. The lowest BCUT2D eigenvalue weighted by molar-refractivity contribution is -0.117. The second kappa shape index (κ2) is 4.37. The highest BCUT2D eigenvalue weighted by molar-refractivity contribution is 7.85. The van der Waals surface area contributed by atoms with Crippen LogP contribution in [-0.4, -0.2) is 15.2 Å². The SMILES string of the molecule is O=C1CCC(S(=O)c2ccc3c(c2)CCC3)C1. The Labute approximate surface area is 104 Å². The first-order valence-corrected chi connectivity index (χ1v) is 7.49. The fourth-order valence-corrected chi connectivity index (χ4v) is 4.34. The monoisotopic (exact) mass is 248 g/mol. The van der Waals surface area contributed by atoms with Crippen molar-refractivity contribution in [2.75, 3.05) is 0 Å². The van der Waals surface area contributed by atoms with Gasteiger partial charge >= 0.3 is 0 Å². The molecule has 0 aromatic heterocycles. The largest absolute Gasteiger partial charge is 0.300 e. The van der Waals surface area contributed by atoms with Gasteiger partial charge in [0.2, 0.25) is 0 Å². The molecular formula is C14H16O2S. The summed E-state index contributed by atoms with van der Waals surface area (Å²) >= 11 is 0. The van der Waals surface area contributed by atoms with E-state index < -0.39 is 10.8 Å². The smallest absolute Gasteiger partial charge is 0.134 e. The summed E-state index contributed by atoms with van der Waals surface area (Å²) in [5, 5.41) is 0.0574. The van der Waals surface area contributed by atoms with Gasteiger partial charge in [0.05, 0.1) is 10.8 Å². The van der Waals surface area contributed by atoms with E-state index in [1.807, 2.05) is 6.07 Å². The molecule has 3 rings (SSSR count). The lowest BCUT2D eigenvalue weighted by atomic mass is 10.1. The first-order chi connectivity index (χ1) is 8.24. The van der Waals surface area contributed by atoms with Crippen molar-refractivity contribution in [2.24, 2.45) is 0 Å². The van der Waals surface area contributed by atoms with Gasteiger partial charge in [-0.2, -0.15) is 0 Å². The lowest BCUT2D eigenvalue weighted by Gasteiger charge is -2.09. The van der Waals surface area contributed by atoms with Crippen LogP contribution in [0.1, 0.15) is 36.8 Å². The van der Waals surface area contributed by atoms with Crippen LogP contribution in [0.3, 0.4) is 0 Å². The molecule has 1 fully saturated rings. The van der Waals surface area contributed by atoms with E-state index in [0.717, 1.165) is 24.2 Å². The molecule has 0 heterocycles. The summed E-state index contributed by atoms with van der Waals surface area (Å²) in [5.41, 5.74) is 2.77. The van der Waals surface area contributed by atoms with Crippen molar-refractivity contribution in [2.45, 2.75) is 48.7 Å². The average molecular weight is 248 g/mol. The van der Waals surface area contributed by atoms with Crippen LogP contribution in [0.25, 0.3) is 0 Å². The molecule has 0 spiro atoms. The van der Waals surface area contributed by atoms with Crippen LogP contribution >= 0.6 is 0 Å². The molecule has 2 nitrogen and oxygen atoms in total. The van der Waals surface area contributed by atoms with Gasteiger partial charge in [-0.1, -0.05) is 6.07 Å². The van der Waals surface area contributed by atoms with E-state index in [1.54, 1.807) is 0 Å². The van der Waals surface area contributed by atoms with Crippen molar-refractivity contribution in [3.8, 4) is 0 Å². The van der Waals surface area contributed by atoms with Gasteiger partial charge < -0.3 is 0 Å². The highest BCUT2D eigenvalue weighted by Gasteiger charge is 2.28. The number of rotatable bonds is 2. The van der Waals surface area contributed by atoms with Gasteiger partial charge in [-0.25, -0.2) is 0 Å². The highest BCUT2D eigenvalue weighted by Crippen LogP contribution is 2.28. The minimum Gasteiger partial charge on any atom is -0.300 e. The van der Waals surface area contributed by atoms with Gasteiger partial charge in [-0.15, -0.1) is 0 Å². The third kappa shape index (κ3) is 2.08. The maximum atomic E-state index is 12.4. The van der Waals surface area contributed by atoms with E-state index in [4.69, 9.17) is 0 Å². The van der Waals surface area contributed by atoms with E-state index in [9.17, 15) is 9.00 Å². The van der Waals surface area contributed by atoms with Crippen molar-refractivity contribution in [1.82, 2.24) is 0 Å². The number of aryl methyl sites for hydroxylation is 2. The Bertz CT molecular complexity index is 493. The van der Waals surface area contributed by atoms with Crippen LogP contribution in [0.5, 0.6) is 0 Å². The predicted octanol–water partition coefficient (Wildman–Crippen LogP) is 2.40. The third-order valence-electron chi connectivity index (χ3n) is 3.81. The lowest BCUT2D eigenvalue weighted by Crippen LogP contribution is -2.11. The van der Waals surface area contributed by atoms with Crippen molar-refractivity contribution in [3.63, 3.8) is 0 Å². The quantitative estimate of drug-likeness (QED) is 0.805. The Balaban J connectivity index is 1.84. The van der Waals surface area contributed by atoms with E-state index in [1.165, 1.54) is 17.5 Å². The summed E-state index contributed by atoms with van der Waals surface area (Å²) in [6, 6.07) is 6.21. The van der Waals surface area contributed by atoms with Crippen molar-refractivity contribution in [3.05, 3.63) is 29.3 Å². The minimum absolute atomic E-state index is 0.0574. The maximum Gasteiger partial charge on any atom is 0.134 e. The second-order valence-electron chi connectivity index (χ2n) is 4.98. The standard InChI is InChI=1S/C14H16O2S/c15-12-5-7-14(9-12)17(16)13-6-4-10-2-1-3-11(10)8-13/h4,6,8,14H,1-3,5,7,9H2. The first-order valence-electron chi connectivity index (χ1n) is 6.28. The van der Waals surface area contributed by atoms with Gasteiger partial charge in [0.1, 0.15) is 5.78 Å². The molecule has 1 aromatic carbocycles. The average Bonchev–Trinajstić information content (AvgIpc) is 2.95. The molecule has 17 heavy (non-hydrogen) atoms.